The van der Waals surface area contributed by atoms with Gasteiger partial charge in [0.2, 0.25) is 11.8 Å². The number of fused-ring (bicyclic) bond motifs is 4. The Morgan fingerprint density at radius 1 is 0.831 bits per heavy atom. The van der Waals surface area contributed by atoms with Crippen molar-refractivity contribution < 1.29 is 33.1 Å². The van der Waals surface area contributed by atoms with Gasteiger partial charge in [0.25, 0.3) is 11.8 Å². The van der Waals surface area contributed by atoms with E-state index in [1.165, 1.54) is 29.2 Å². The Balaban J connectivity index is 1.09. The number of azo groups is 1. The lowest BCUT2D eigenvalue weighted by Gasteiger charge is -2.49. The molecule has 2 aliphatic heterocycles. The van der Waals surface area contributed by atoms with Crippen LogP contribution >= 0.6 is 11.6 Å². The summed E-state index contributed by atoms with van der Waals surface area (Å²) in [5, 5.41) is 20.1. The number of aliphatic hydroxyl groups excluding tert-OH is 1. The SMILES string of the molecule is CN(C)c1ccc(N=Nc2ccc(N3C(=O)[C@H]4[C@H](CC=C5[C@H]4C[C@H]4C(=O)N(Nc6ccc(F)cc6)C(=O)[C@@]4(c4ccc(Cl)cc4)[C@H]5c4ccc(CO)o4)C3=O)cc2)cc1. The minimum atomic E-state index is -1.60. The number of hydrogen-bond acceptors (Lipinski definition) is 10. The first kappa shape index (κ1) is 38.1. The van der Waals surface area contributed by atoms with Gasteiger partial charge in [-0.1, -0.05) is 35.4 Å². The highest BCUT2D eigenvalue weighted by Crippen LogP contribution is 2.64. The number of nitrogens with zero attached hydrogens (tertiary/aromatic N) is 5. The predicted molar refractivity (Wildman–Crippen MR) is 218 cm³/mol. The third-order valence-corrected chi connectivity index (χ3v) is 12.4. The minimum Gasteiger partial charge on any atom is -0.463 e. The number of anilines is 3. The number of amides is 4. The van der Waals surface area contributed by atoms with Gasteiger partial charge in [-0.05, 0) is 121 Å². The number of hydrogen-bond donors (Lipinski definition) is 2. The molecule has 9 rings (SSSR count). The molecule has 4 aliphatic rings. The molecule has 1 aromatic heterocycles. The highest BCUT2D eigenvalue weighted by Gasteiger charge is 2.71. The van der Waals surface area contributed by atoms with Crippen LogP contribution in [0.3, 0.4) is 0 Å². The number of allylic oxidation sites excluding steroid dienone is 2. The number of halogens is 2. The summed E-state index contributed by atoms with van der Waals surface area (Å²) in [7, 11) is 3.91. The summed E-state index contributed by atoms with van der Waals surface area (Å²) in [6.07, 6.45) is 2.19. The van der Waals surface area contributed by atoms with Crippen LogP contribution in [0.1, 0.15) is 35.8 Å². The molecule has 1 saturated carbocycles. The first-order valence-electron chi connectivity index (χ1n) is 19.2. The molecule has 0 spiro atoms. The van der Waals surface area contributed by atoms with Crippen molar-refractivity contribution in [2.45, 2.75) is 30.8 Å². The molecule has 298 valence electrons. The van der Waals surface area contributed by atoms with Crippen molar-refractivity contribution in [3.63, 3.8) is 0 Å². The quantitative estimate of drug-likeness (QED) is 0.0860. The fourth-order valence-corrected chi connectivity index (χ4v) is 9.58. The van der Waals surface area contributed by atoms with Crippen molar-refractivity contribution in [2.24, 2.45) is 33.9 Å². The average Bonchev–Trinajstić information content (AvgIpc) is 3.89. The second kappa shape index (κ2) is 14.7. The molecule has 2 saturated heterocycles. The van der Waals surface area contributed by atoms with E-state index < -0.39 is 65.2 Å². The lowest BCUT2D eigenvalue weighted by Crippen LogP contribution is -2.53. The van der Waals surface area contributed by atoms with Crippen LogP contribution in [0.4, 0.5) is 32.8 Å². The Bertz CT molecular complexity index is 2540. The predicted octanol–water partition coefficient (Wildman–Crippen LogP) is 8.24. The van der Waals surface area contributed by atoms with E-state index in [0.29, 0.717) is 44.7 Å². The van der Waals surface area contributed by atoms with E-state index in [0.717, 1.165) is 10.7 Å². The van der Waals surface area contributed by atoms with E-state index in [9.17, 15) is 23.9 Å². The molecule has 59 heavy (non-hydrogen) atoms. The number of imide groups is 2. The van der Waals surface area contributed by atoms with Crippen molar-refractivity contribution >= 4 is 63.7 Å². The van der Waals surface area contributed by atoms with E-state index in [1.807, 2.05) is 49.3 Å². The summed E-state index contributed by atoms with van der Waals surface area (Å²) in [5.74, 6) is -5.97. The molecule has 12 nitrogen and oxygen atoms in total. The van der Waals surface area contributed by atoms with Crippen LogP contribution in [0, 0.1) is 29.5 Å². The molecule has 3 heterocycles. The maximum absolute atomic E-state index is 15.2. The zero-order chi connectivity index (χ0) is 41.2. The van der Waals surface area contributed by atoms with Crippen LogP contribution in [-0.2, 0) is 31.2 Å². The van der Waals surface area contributed by atoms with E-state index in [-0.39, 0.29) is 24.5 Å². The summed E-state index contributed by atoms with van der Waals surface area (Å²) in [6, 6.07) is 29.6. The molecule has 5 aromatic rings. The minimum absolute atomic E-state index is 0.0631. The van der Waals surface area contributed by atoms with E-state index in [4.69, 9.17) is 16.0 Å². The lowest BCUT2D eigenvalue weighted by atomic mass is 9.50. The van der Waals surface area contributed by atoms with Gasteiger partial charge in [-0.25, -0.2) is 4.39 Å². The molecule has 2 N–H and O–H groups in total. The number of benzene rings is 4. The smallest absolute Gasteiger partial charge is 0.260 e. The topological polar surface area (TPSA) is 148 Å². The molecule has 0 bridgehead atoms. The lowest BCUT2D eigenvalue weighted by molar-refractivity contribution is -0.138. The zero-order valence-corrected chi connectivity index (χ0v) is 32.7. The number of nitrogens with one attached hydrogen (secondary N) is 1. The maximum Gasteiger partial charge on any atom is 0.260 e. The second-order valence-electron chi connectivity index (χ2n) is 15.5. The van der Waals surface area contributed by atoms with Gasteiger partial charge in [0.15, 0.2) is 0 Å². The highest BCUT2D eigenvalue weighted by molar-refractivity contribution is 6.30. The summed E-state index contributed by atoms with van der Waals surface area (Å²) < 4.78 is 20.1. The molecule has 0 unspecified atom stereocenters. The molecule has 4 amide bonds. The second-order valence-corrected chi connectivity index (χ2v) is 15.9. The van der Waals surface area contributed by atoms with Gasteiger partial charge in [-0.3, -0.25) is 29.5 Å². The van der Waals surface area contributed by atoms with Crippen LogP contribution in [0.5, 0.6) is 0 Å². The Hall–Kier alpha value is -6.44. The fraction of sp³-hybridized carbons (Fsp3) is 0.244. The first-order chi connectivity index (χ1) is 28.5. The van der Waals surface area contributed by atoms with Crippen molar-refractivity contribution in [1.29, 1.82) is 0 Å². The van der Waals surface area contributed by atoms with Crippen LogP contribution in [0.15, 0.2) is 135 Å². The Morgan fingerprint density at radius 3 is 2.12 bits per heavy atom. The standard InChI is InChI=1S/C45H38ClFN6O6/c1-51(2)31-15-11-28(12-16-31)48-49-29-13-17-32(18-14-29)52-41(55)35-21-20-34-36(39(35)43(52)57)23-37-42(56)53(50-30-9-7-27(47)8-10-30)44(58)45(37,25-3-5-26(46)6-4-25)40(34)38-22-19-33(24-54)59-38/h3-20,22,35-37,39-40,50,54H,21,23-24H2,1-2H3/t35-,36+,37-,39-,40+,45+/m0/s1. The summed E-state index contributed by atoms with van der Waals surface area (Å²) in [5.41, 5.74) is 5.44. The molecule has 2 aliphatic carbocycles. The number of furan rings is 1. The van der Waals surface area contributed by atoms with Gasteiger partial charge in [0.1, 0.15) is 29.4 Å². The van der Waals surface area contributed by atoms with Gasteiger partial charge >= 0.3 is 0 Å². The van der Waals surface area contributed by atoms with Gasteiger partial charge in [0, 0.05) is 24.8 Å². The number of rotatable bonds is 9. The average molecular weight is 813 g/mol. The molecule has 3 fully saturated rings. The third-order valence-electron chi connectivity index (χ3n) is 12.1. The van der Waals surface area contributed by atoms with Gasteiger partial charge in [-0.2, -0.15) is 15.2 Å². The Morgan fingerprint density at radius 2 is 1.49 bits per heavy atom. The van der Waals surface area contributed by atoms with Crippen molar-refractivity contribution in [3.8, 4) is 0 Å². The zero-order valence-electron chi connectivity index (χ0n) is 32.0. The fourth-order valence-electron chi connectivity index (χ4n) is 9.45. The van der Waals surface area contributed by atoms with Crippen LogP contribution in [-0.4, -0.2) is 47.8 Å². The molecular formula is C45H38ClFN6O6. The van der Waals surface area contributed by atoms with Crippen molar-refractivity contribution in [3.05, 3.63) is 149 Å². The first-order valence-corrected chi connectivity index (χ1v) is 19.6. The number of carbonyl (C=O) groups is 4. The summed E-state index contributed by atoms with van der Waals surface area (Å²) in [6.45, 7) is -0.408. The van der Waals surface area contributed by atoms with Gasteiger partial charge in [-0.15, -0.1) is 0 Å². The van der Waals surface area contributed by atoms with Crippen molar-refractivity contribution in [1.82, 2.24) is 5.01 Å². The maximum atomic E-state index is 15.2. The molecular weight excluding hydrogens is 775 g/mol. The van der Waals surface area contributed by atoms with Gasteiger partial charge < -0.3 is 14.4 Å². The summed E-state index contributed by atoms with van der Waals surface area (Å²) >= 11 is 6.36. The molecule has 6 atom stereocenters. The van der Waals surface area contributed by atoms with E-state index in [1.54, 1.807) is 60.7 Å². The van der Waals surface area contributed by atoms with Crippen molar-refractivity contribution in [2.75, 3.05) is 29.3 Å². The van der Waals surface area contributed by atoms with Crippen LogP contribution < -0.4 is 15.2 Å². The molecule has 4 aromatic carbocycles. The normalized spacial score (nSPS) is 25.0. The Kier molecular flexibility index (Phi) is 9.52. The monoisotopic (exact) mass is 812 g/mol. The number of hydrazine groups is 1. The van der Waals surface area contributed by atoms with Crippen LogP contribution in [0.2, 0.25) is 5.02 Å². The number of aliphatic hydroxyl groups is 1. The third kappa shape index (κ3) is 6.23. The van der Waals surface area contributed by atoms with Gasteiger partial charge in [0.05, 0.1) is 46.4 Å². The molecule has 0 radical (unpaired) electrons. The highest BCUT2D eigenvalue weighted by atomic mass is 35.5. The largest absolute Gasteiger partial charge is 0.463 e. The molecule has 14 heteroatoms. The van der Waals surface area contributed by atoms with Crippen LogP contribution in [0.25, 0.3) is 0 Å². The van der Waals surface area contributed by atoms with E-state index in [2.05, 4.69) is 15.7 Å². The van der Waals surface area contributed by atoms with E-state index >= 15 is 4.79 Å². The summed E-state index contributed by atoms with van der Waals surface area (Å²) in [4.78, 5) is 62.1. The Labute approximate surface area is 343 Å². The number of carbonyl (C=O) groups excluding carboxylic acids is 4.